The lowest BCUT2D eigenvalue weighted by Crippen LogP contribution is -2.46. The first-order valence-electron chi connectivity index (χ1n) is 12.4. The summed E-state index contributed by atoms with van der Waals surface area (Å²) in [4.78, 5) is 51.8. The molecule has 2 aliphatic rings. The van der Waals surface area contributed by atoms with Gasteiger partial charge in [-0.15, -0.1) is 0 Å². The molecule has 0 saturated carbocycles. The fourth-order valence-electron chi connectivity index (χ4n) is 3.92. The molecule has 0 atom stereocenters. The van der Waals surface area contributed by atoms with E-state index in [0.29, 0.717) is 52.9 Å². The normalized spacial score (nSPS) is 16.7. The van der Waals surface area contributed by atoms with Crippen LogP contribution in [0.3, 0.4) is 0 Å². The summed E-state index contributed by atoms with van der Waals surface area (Å²) in [6, 6.07) is 8.58. The average molecular weight is 716 g/mol. The molecule has 218 valence electrons. The Labute approximate surface area is 254 Å². The van der Waals surface area contributed by atoms with Crippen LogP contribution in [0.15, 0.2) is 46.2 Å². The van der Waals surface area contributed by atoms with Gasteiger partial charge in [0.15, 0.2) is 11.5 Å². The number of halogens is 1. The van der Waals surface area contributed by atoms with Crippen LogP contribution in [0.25, 0.3) is 6.08 Å². The Kier molecular flexibility index (Phi) is 9.93. The van der Waals surface area contributed by atoms with E-state index in [-0.39, 0.29) is 46.3 Å². The number of rotatable bonds is 9. The van der Waals surface area contributed by atoms with Gasteiger partial charge in [0.25, 0.3) is 11.1 Å². The van der Waals surface area contributed by atoms with Crippen LogP contribution in [0.5, 0.6) is 11.5 Å². The maximum absolute atomic E-state index is 13.0. The van der Waals surface area contributed by atoms with Crippen LogP contribution >= 0.6 is 34.4 Å². The predicted molar refractivity (Wildman–Crippen MR) is 159 cm³/mol. The quantitative estimate of drug-likeness (QED) is 0.233. The van der Waals surface area contributed by atoms with Gasteiger partial charge in [0.2, 0.25) is 11.8 Å². The van der Waals surface area contributed by atoms with Crippen molar-refractivity contribution < 1.29 is 41.3 Å². The molecule has 4 rings (SSSR count). The molecule has 4 amide bonds. The number of ether oxygens (including phenoxy) is 2. The molecule has 2 aromatic rings. The Bertz CT molecular complexity index is 1500. The fraction of sp³-hybridized carbons (Fsp3) is 0.308. The molecule has 2 aliphatic heterocycles. The highest BCUT2D eigenvalue weighted by Gasteiger charge is 2.37. The number of morpholine rings is 1. The molecule has 0 aliphatic carbocycles. The molecule has 0 spiro atoms. The second-order valence-electron chi connectivity index (χ2n) is 8.77. The lowest BCUT2D eigenvalue weighted by Gasteiger charge is -2.28. The van der Waals surface area contributed by atoms with E-state index in [0.717, 1.165) is 4.90 Å². The van der Waals surface area contributed by atoms with Crippen LogP contribution in [-0.2, 0) is 29.2 Å². The molecule has 15 heteroatoms. The third kappa shape index (κ3) is 7.58. The van der Waals surface area contributed by atoms with Crippen molar-refractivity contribution in [2.75, 3.05) is 44.8 Å². The number of anilines is 1. The molecule has 2 fully saturated rings. The summed E-state index contributed by atoms with van der Waals surface area (Å²) < 4.78 is 42.7. The Morgan fingerprint density at radius 1 is 1.15 bits per heavy atom. The molecule has 0 unspecified atom stereocenters. The van der Waals surface area contributed by atoms with E-state index in [9.17, 15) is 27.6 Å². The minimum atomic E-state index is -4.27. The number of thioether (sulfide) groups is 1. The molecule has 0 bridgehead atoms. The molecule has 2 saturated heterocycles. The van der Waals surface area contributed by atoms with Gasteiger partial charge in [0.1, 0.15) is 11.4 Å². The highest BCUT2D eigenvalue weighted by Crippen LogP contribution is 2.39. The van der Waals surface area contributed by atoms with Crippen molar-refractivity contribution >= 4 is 79.2 Å². The number of benzene rings is 2. The van der Waals surface area contributed by atoms with Crippen LogP contribution in [0.4, 0.5) is 10.5 Å². The number of imide groups is 1. The third-order valence-electron chi connectivity index (χ3n) is 5.82. The van der Waals surface area contributed by atoms with Crippen LogP contribution in [0.1, 0.15) is 19.4 Å². The molecular weight excluding hydrogens is 689 g/mol. The SMILES string of the molecule is CCOc1cc(/C=C2\SC(=O)N(CC(=O)N3CCOCC3)C2=O)cc(I)c1OS(=O)(=O)c1ccc(NC(C)=O)cc1. The summed E-state index contributed by atoms with van der Waals surface area (Å²) in [6.45, 7) is 4.50. The first-order valence-corrected chi connectivity index (χ1v) is 15.7. The number of amides is 4. The van der Waals surface area contributed by atoms with Crippen molar-refractivity contribution in [3.05, 3.63) is 50.4 Å². The van der Waals surface area contributed by atoms with Crippen LogP contribution in [0, 0.1) is 3.57 Å². The van der Waals surface area contributed by atoms with Crippen LogP contribution in [-0.4, -0.2) is 80.6 Å². The molecule has 2 heterocycles. The van der Waals surface area contributed by atoms with Gasteiger partial charge < -0.3 is 23.9 Å². The van der Waals surface area contributed by atoms with Gasteiger partial charge in [0.05, 0.1) is 28.3 Å². The molecule has 2 aromatic carbocycles. The Morgan fingerprint density at radius 3 is 2.46 bits per heavy atom. The van der Waals surface area contributed by atoms with E-state index in [1.807, 2.05) is 22.6 Å². The van der Waals surface area contributed by atoms with Crippen molar-refractivity contribution in [3.8, 4) is 11.5 Å². The molecule has 1 N–H and O–H groups in total. The molecule has 0 radical (unpaired) electrons. The van der Waals surface area contributed by atoms with Crippen molar-refractivity contribution in [2.45, 2.75) is 18.7 Å². The summed E-state index contributed by atoms with van der Waals surface area (Å²) in [6.07, 6.45) is 1.48. The summed E-state index contributed by atoms with van der Waals surface area (Å²) in [5, 5.41) is 2.00. The second-order valence-corrected chi connectivity index (χ2v) is 12.5. The third-order valence-corrected chi connectivity index (χ3v) is 8.76. The minimum absolute atomic E-state index is 0.0419. The van der Waals surface area contributed by atoms with Gasteiger partial charge in [-0.05, 0) is 89.3 Å². The van der Waals surface area contributed by atoms with Crippen LogP contribution in [0.2, 0.25) is 0 Å². The number of nitrogens with zero attached hydrogens (tertiary/aromatic N) is 2. The lowest BCUT2D eigenvalue weighted by atomic mass is 10.2. The maximum Gasteiger partial charge on any atom is 0.339 e. The van der Waals surface area contributed by atoms with Crippen molar-refractivity contribution in [1.82, 2.24) is 9.80 Å². The Hall–Kier alpha value is -3.15. The van der Waals surface area contributed by atoms with Crippen molar-refractivity contribution in [3.63, 3.8) is 0 Å². The van der Waals surface area contributed by atoms with E-state index < -0.39 is 21.3 Å². The Balaban J connectivity index is 1.55. The van der Waals surface area contributed by atoms with E-state index >= 15 is 0 Å². The second kappa shape index (κ2) is 13.2. The van der Waals surface area contributed by atoms with E-state index in [4.69, 9.17) is 13.7 Å². The maximum atomic E-state index is 13.0. The van der Waals surface area contributed by atoms with Gasteiger partial charge in [-0.1, -0.05) is 0 Å². The number of nitrogens with one attached hydrogen (secondary N) is 1. The first-order chi connectivity index (χ1) is 19.5. The molecule has 0 aromatic heterocycles. The molecule has 12 nitrogen and oxygen atoms in total. The summed E-state index contributed by atoms with van der Waals surface area (Å²) >= 11 is 2.61. The zero-order valence-electron chi connectivity index (χ0n) is 22.0. The fourth-order valence-corrected chi connectivity index (χ4v) is 6.60. The van der Waals surface area contributed by atoms with Gasteiger partial charge in [-0.25, -0.2) is 0 Å². The van der Waals surface area contributed by atoms with Crippen molar-refractivity contribution in [2.24, 2.45) is 0 Å². The zero-order chi connectivity index (χ0) is 29.7. The van der Waals surface area contributed by atoms with Gasteiger partial charge in [-0.3, -0.25) is 24.1 Å². The van der Waals surface area contributed by atoms with Gasteiger partial charge >= 0.3 is 10.1 Å². The van der Waals surface area contributed by atoms with Crippen molar-refractivity contribution in [1.29, 1.82) is 0 Å². The molecule has 41 heavy (non-hydrogen) atoms. The zero-order valence-corrected chi connectivity index (χ0v) is 25.8. The monoisotopic (exact) mass is 715 g/mol. The van der Waals surface area contributed by atoms with Crippen LogP contribution < -0.4 is 14.2 Å². The number of carbonyl (C=O) groups excluding carboxylic acids is 4. The lowest BCUT2D eigenvalue weighted by molar-refractivity contribution is -0.139. The number of carbonyl (C=O) groups is 4. The minimum Gasteiger partial charge on any atom is -0.490 e. The van der Waals surface area contributed by atoms with E-state index in [1.54, 1.807) is 17.9 Å². The van der Waals surface area contributed by atoms with E-state index in [2.05, 4.69) is 5.32 Å². The van der Waals surface area contributed by atoms with Gasteiger partial charge in [-0.2, -0.15) is 8.42 Å². The summed E-state index contributed by atoms with van der Waals surface area (Å²) in [5.74, 6) is -1.15. The topological polar surface area (TPSA) is 149 Å². The number of hydrogen-bond acceptors (Lipinski definition) is 10. The summed E-state index contributed by atoms with van der Waals surface area (Å²) in [7, 11) is -4.27. The Morgan fingerprint density at radius 2 is 1.83 bits per heavy atom. The predicted octanol–water partition coefficient (Wildman–Crippen LogP) is 3.31. The largest absolute Gasteiger partial charge is 0.490 e. The highest BCUT2D eigenvalue weighted by atomic mass is 127. The van der Waals surface area contributed by atoms with Gasteiger partial charge in [0, 0.05) is 25.7 Å². The smallest absolute Gasteiger partial charge is 0.339 e. The average Bonchev–Trinajstić information content (AvgIpc) is 3.18. The van der Waals surface area contributed by atoms with E-state index in [1.165, 1.54) is 43.3 Å². The molecular formula is C26H26IN3O9S2. The highest BCUT2D eigenvalue weighted by molar-refractivity contribution is 14.1. The standard InChI is InChI=1S/C26H26IN3O9S2/c1-3-38-21-13-17(14-22-25(33)30(26(34)40-22)15-23(32)29-8-10-37-11-9-29)12-20(27)24(21)39-41(35,36)19-6-4-18(5-7-19)28-16(2)31/h4-7,12-14H,3,8-11,15H2,1-2H3,(H,28,31)/b22-14-. The first kappa shape index (κ1) is 30.8. The summed E-state index contributed by atoms with van der Waals surface area (Å²) in [5.41, 5.74) is 0.896. The number of hydrogen-bond donors (Lipinski definition) is 1.